The highest BCUT2D eigenvalue weighted by Crippen LogP contribution is 2.45. The van der Waals surface area contributed by atoms with Gasteiger partial charge in [0.15, 0.2) is 11.5 Å². The maximum Gasteiger partial charge on any atom is 0.231 e. The van der Waals surface area contributed by atoms with Crippen molar-refractivity contribution in [3.63, 3.8) is 0 Å². The van der Waals surface area contributed by atoms with Crippen molar-refractivity contribution in [2.24, 2.45) is 0 Å². The first kappa shape index (κ1) is 8.90. The maximum atomic E-state index is 9.94. The van der Waals surface area contributed by atoms with Crippen molar-refractivity contribution >= 4 is 5.88 Å². The minimum Gasteiger partial charge on any atom is -0.504 e. The van der Waals surface area contributed by atoms with Crippen LogP contribution < -0.4 is 15.2 Å². The van der Waals surface area contributed by atoms with Crippen molar-refractivity contribution in [1.29, 1.82) is 0 Å². The number of aromatic hydroxyl groups is 1. The van der Waals surface area contributed by atoms with E-state index >= 15 is 0 Å². The van der Waals surface area contributed by atoms with Gasteiger partial charge in [-0.15, -0.1) is 0 Å². The van der Waals surface area contributed by atoms with Crippen LogP contribution in [0.25, 0.3) is 11.3 Å². The van der Waals surface area contributed by atoms with Crippen molar-refractivity contribution < 1.29 is 19.1 Å². The Morgan fingerprint density at radius 2 is 2.19 bits per heavy atom. The van der Waals surface area contributed by atoms with E-state index in [-0.39, 0.29) is 18.4 Å². The SMILES string of the molecule is Nc1cc(-c2ccc3c(c2O)OCO3)no1. The molecular formula is C10H8N2O4. The normalized spacial score (nSPS) is 13.0. The third-order valence-corrected chi connectivity index (χ3v) is 2.32. The summed E-state index contributed by atoms with van der Waals surface area (Å²) in [7, 11) is 0. The molecule has 0 fully saturated rings. The van der Waals surface area contributed by atoms with E-state index in [4.69, 9.17) is 19.7 Å². The van der Waals surface area contributed by atoms with Crippen molar-refractivity contribution in [2.75, 3.05) is 12.5 Å². The van der Waals surface area contributed by atoms with Gasteiger partial charge in [0.25, 0.3) is 0 Å². The Hall–Kier alpha value is -2.37. The molecule has 1 aromatic heterocycles. The van der Waals surface area contributed by atoms with Crippen LogP contribution in [0.15, 0.2) is 22.7 Å². The number of rotatable bonds is 1. The Bertz CT molecular complexity index is 550. The average molecular weight is 220 g/mol. The molecule has 16 heavy (non-hydrogen) atoms. The zero-order valence-corrected chi connectivity index (χ0v) is 8.14. The monoisotopic (exact) mass is 220 g/mol. The molecule has 3 rings (SSSR count). The first-order chi connectivity index (χ1) is 7.75. The van der Waals surface area contributed by atoms with Gasteiger partial charge in [0.1, 0.15) is 5.69 Å². The summed E-state index contributed by atoms with van der Waals surface area (Å²) < 4.78 is 15.0. The summed E-state index contributed by atoms with van der Waals surface area (Å²) in [5, 5.41) is 13.7. The van der Waals surface area contributed by atoms with E-state index in [1.54, 1.807) is 12.1 Å². The Labute approximate surface area is 90.2 Å². The van der Waals surface area contributed by atoms with Gasteiger partial charge in [-0.1, -0.05) is 5.16 Å². The van der Waals surface area contributed by atoms with Crippen LogP contribution in [0, 0.1) is 0 Å². The third kappa shape index (κ3) is 1.16. The minimum absolute atomic E-state index is 0.0247. The molecule has 0 bridgehead atoms. The number of ether oxygens (including phenoxy) is 2. The highest BCUT2D eigenvalue weighted by atomic mass is 16.7. The van der Waals surface area contributed by atoms with Gasteiger partial charge in [0.2, 0.25) is 18.4 Å². The number of fused-ring (bicyclic) bond motifs is 1. The predicted octanol–water partition coefficient (Wildman–Crippen LogP) is 1.36. The number of phenolic OH excluding ortho intramolecular Hbond substituents is 1. The molecule has 0 radical (unpaired) electrons. The molecule has 1 aliphatic rings. The van der Waals surface area contributed by atoms with Crippen molar-refractivity contribution in [1.82, 2.24) is 5.16 Å². The summed E-state index contributed by atoms with van der Waals surface area (Å²) in [5.74, 6) is 0.993. The zero-order chi connectivity index (χ0) is 11.1. The van der Waals surface area contributed by atoms with E-state index in [0.717, 1.165) is 0 Å². The van der Waals surface area contributed by atoms with Crippen LogP contribution in [-0.4, -0.2) is 17.1 Å². The topological polar surface area (TPSA) is 90.7 Å². The van der Waals surface area contributed by atoms with Gasteiger partial charge in [-0.3, -0.25) is 0 Å². The van der Waals surface area contributed by atoms with E-state index < -0.39 is 0 Å². The maximum absolute atomic E-state index is 9.94. The van der Waals surface area contributed by atoms with E-state index in [1.807, 2.05) is 0 Å². The highest BCUT2D eigenvalue weighted by Gasteiger charge is 2.22. The summed E-state index contributed by atoms with van der Waals surface area (Å²) in [4.78, 5) is 0. The second-order valence-corrected chi connectivity index (χ2v) is 3.31. The lowest BCUT2D eigenvalue weighted by atomic mass is 10.1. The fourth-order valence-electron chi connectivity index (χ4n) is 1.58. The van der Waals surface area contributed by atoms with Gasteiger partial charge in [-0.2, -0.15) is 0 Å². The number of nitrogens with zero attached hydrogens (tertiary/aromatic N) is 1. The fourth-order valence-corrected chi connectivity index (χ4v) is 1.58. The van der Waals surface area contributed by atoms with Crippen LogP contribution in [0.3, 0.4) is 0 Å². The molecule has 1 aliphatic heterocycles. The lowest BCUT2D eigenvalue weighted by Gasteiger charge is -2.03. The Balaban J connectivity index is 2.15. The van der Waals surface area contributed by atoms with Gasteiger partial charge in [-0.25, -0.2) is 0 Å². The van der Waals surface area contributed by atoms with Crippen molar-refractivity contribution in [3.8, 4) is 28.5 Å². The number of nitrogens with two attached hydrogens (primary N) is 1. The van der Waals surface area contributed by atoms with Gasteiger partial charge in [-0.05, 0) is 12.1 Å². The number of nitrogen functional groups attached to an aromatic ring is 1. The summed E-state index contributed by atoms with van der Waals surface area (Å²) in [5.41, 5.74) is 6.35. The zero-order valence-electron chi connectivity index (χ0n) is 8.14. The molecule has 0 aliphatic carbocycles. The molecule has 82 valence electrons. The van der Waals surface area contributed by atoms with E-state index in [2.05, 4.69) is 5.16 Å². The molecule has 0 amide bonds. The number of anilines is 1. The van der Waals surface area contributed by atoms with Crippen LogP contribution in [-0.2, 0) is 0 Å². The number of hydrogen-bond acceptors (Lipinski definition) is 6. The molecule has 3 N–H and O–H groups in total. The molecule has 0 saturated carbocycles. The molecule has 2 aromatic rings. The summed E-state index contributed by atoms with van der Waals surface area (Å²) >= 11 is 0. The molecule has 2 heterocycles. The minimum atomic E-state index is -0.0247. The van der Waals surface area contributed by atoms with Crippen LogP contribution in [0.4, 0.5) is 5.88 Å². The Morgan fingerprint density at radius 3 is 2.94 bits per heavy atom. The molecule has 6 heteroatoms. The standard InChI is InChI=1S/C10H8N2O4/c11-8-3-6(12-16-8)5-1-2-7-10(9(5)13)15-4-14-7/h1-3,13H,4,11H2. The molecule has 0 atom stereocenters. The number of aromatic nitrogens is 1. The van der Waals surface area contributed by atoms with Gasteiger partial charge in [0.05, 0.1) is 0 Å². The van der Waals surface area contributed by atoms with E-state index in [0.29, 0.717) is 22.8 Å². The number of benzene rings is 1. The van der Waals surface area contributed by atoms with Crippen LogP contribution in [0.2, 0.25) is 0 Å². The summed E-state index contributed by atoms with van der Waals surface area (Å²) in [6.07, 6.45) is 0. The third-order valence-electron chi connectivity index (χ3n) is 2.32. The second-order valence-electron chi connectivity index (χ2n) is 3.31. The lowest BCUT2D eigenvalue weighted by Crippen LogP contribution is -1.93. The smallest absolute Gasteiger partial charge is 0.231 e. The lowest BCUT2D eigenvalue weighted by molar-refractivity contribution is 0.171. The quantitative estimate of drug-likeness (QED) is 0.753. The molecule has 1 aromatic carbocycles. The fraction of sp³-hybridized carbons (Fsp3) is 0.100. The predicted molar refractivity (Wildman–Crippen MR) is 54.1 cm³/mol. The van der Waals surface area contributed by atoms with Crippen molar-refractivity contribution in [2.45, 2.75) is 0 Å². The van der Waals surface area contributed by atoms with Crippen LogP contribution in [0.1, 0.15) is 0 Å². The van der Waals surface area contributed by atoms with E-state index in [9.17, 15) is 5.11 Å². The second kappa shape index (κ2) is 3.06. The van der Waals surface area contributed by atoms with E-state index in [1.165, 1.54) is 6.07 Å². The molecule has 6 nitrogen and oxygen atoms in total. The first-order valence-corrected chi connectivity index (χ1v) is 4.60. The average Bonchev–Trinajstić information content (AvgIpc) is 2.87. The largest absolute Gasteiger partial charge is 0.504 e. The summed E-state index contributed by atoms with van der Waals surface area (Å²) in [6.45, 7) is 0.104. The molecule has 0 unspecified atom stereocenters. The molecular weight excluding hydrogens is 212 g/mol. The van der Waals surface area contributed by atoms with Gasteiger partial charge < -0.3 is 24.8 Å². The number of phenols is 1. The van der Waals surface area contributed by atoms with Gasteiger partial charge in [0, 0.05) is 11.6 Å². The molecule has 0 spiro atoms. The first-order valence-electron chi connectivity index (χ1n) is 4.60. The van der Waals surface area contributed by atoms with Crippen LogP contribution in [0.5, 0.6) is 17.2 Å². The molecule has 0 saturated heterocycles. The van der Waals surface area contributed by atoms with Crippen molar-refractivity contribution in [3.05, 3.63) is 18.2 Å². The highest BCUT2D eigenvalue weighted by molar-refractivity contribution is 5.74. The Morgan fingerprint density at radius 1 is 1.31 bits per heavy atom. The Kier molecular flexibility index (Phi) is 1.70. The summed E-state index contributed by atoms with van der Waals surface area (Å²) in [6, 6.07) is 4.89. The van der Waals surface area contributed by atoms with Crippen LogP contribution >= 0.6 is 0 Å². The number of hydrogen-bond donors (Lipinski definition) is 2. The van der Waals surface area contributed by atoms with Gasteiger partial charge >= 0.3 is 0 Å².